The Morgan fingerprint density at radius 2 is 1.92 bits per heavy atom. The molecule has 0 aromatic carbocycles. The number of esters is 1. The predicted molar refractivity (Wildman–Crippen MR) is 49.4 cm³/mol. The summed E-state index contributed by atoms with van der Waals surface area (Å²) in [6.45, 7) is 0.963. The van der Waals surface area contributed by atoms with Crippen LogP contribution in [0.25, 0.3) is 0 Å². The van der Waals surface area contributed by atoms with Crippen LogP contribution in [0.1, 0.15) is 38.5 Å². The molecule has 2 fully saturated rings. The van der Waals surface area contributed by atoms with Gasteiger partial charge >= 0.3 is 5.97 Å². The van der Waals surface area contributed by atoms with E-state index < -0.39 is 0 Å². The third kappa shape index (κ3) is 2.21. The van der Waals surface area contributed by atoms with Gasteiger partial charge in [0.25, 0.3) is 0 Å². The molecule has 1 atom stereocenters. The van der Waals surface area contributed by atoms with Crippen molar-refractivity contribution in [2.45, 2.75) is 50.7 Å². The molecule has 0 unspecified atom stereocenters. The highest BCUT2D eigenvalue weighted by atomic mass is 16.5. The van der Waals surface area contributed by atoms with Crippen molar-refractivity contribution in [3.63, 3.8) is 0 Å². The molecule has 2 aliphatic rings. The van der Waals surface area contributed by atoms with Gasteiger partial charge in [-0.05, 0) is 45.1 Å². The van der Waals surface area contributed by atoms with Crippen LogP contribution in [0.2, 0.25) is 0 Å². The summed E-state index contributed by atoms with van der Waals surface area (Å²) in [5.74, 6) is -0.0237. The summed E-state index contributed by atoms with van der Waals surface area (Å²) in [5.41, 5.74) is 0. The summed E-state index contributed by atoms with van der Waals surface area (Å²) in [6, 6.07) is -0.0133. The molecule has 0 aromatic rings. The molecule has 0 radical (unpaired) electrons. The van der Waals surface area contributed by atoms with E-state index in [0.717, 1.165) is 32.2 Å². The average Bonchev–Trinajstić information content (AvgIpc) is 2.74. The van der Waals surface area contributed by atoms with Gasteiger partial charge in [0, 0.05) is 0 Å². The monoisotopic (exact) mass is 183 g/mol. The van der Waals surface area contributed by atoms with Crippen molar-refractivity contribution in [3.05, 3.63) is 0 Å². The minimum Gasteiger partial charge on any atom is -0.461 e. The zero-order chi connectivity index (χ0) is 9.10. The van der Waals surface area contributed by atoms with Gasteiger partial charge in [-0.15, -0.1) is 0 Å². The summed E-state index contributed by atoms with van der Waals surface area (Å²) >= 11 is 0. The molecule has 0 spiro atoms. The fourth-order valence-corrected chi connectivity index (χ4v) is 2.14. The minimum atomic E-state index is -0.0237. The third-order valence-corrected chi connectivity index (χ3v) is 2.93. The number of nitrogens with one attached hydrogen (secondary N) is 1. The Kier molecular flexibility index (Phi) is 2.83. The summed E-state index contributed by atoms with van der Waals surface area (Å²) in [6.07, 6.45) is 6.84. The number of ether oxygens (including phenoxy) is 1. The lowest BCUT2D eigenvalue weighted by Gasteiger charge is -2.14. The Hall–Kier alpha value is -0.570. The van der Waals surface area contributed by atoms with Crippen molar-refractivity contribution in [3.8, 4) is 0 Å². The van der Waals surface area contributed by atoms with Crippen molar-refractivity contribution in [1.82, 2.24) is 5.32 Å². The molecule has 0 aromatic heterocycles. The molecule has 1 heterocycles. The average molecular weight is 183 g/mol. The van der Waals surface area contributed by atoms with Gasteiger partial charge in [-0.25, -0.2) is 0 Å². The first-order valence-corrected chi connectivity index (χ1v) is 5.30. The van der Waals surface area contributed by atoms with Gasteiger partial charge in [0.05, 0.1) is 0 Å². The fourth-order valence-electron chi connectivity index (χ4n) is 2.14. The third-order valence-electron chi connectivity index (χ3n) is 2.93. The van der Waals surface area contributed by atoms with Crippen LogP contribution < -0.4 is 5.32 Å². The molecule has 0 amide bonds. The Bertz CT molecular complexity index is 181. The van der Waals surface area contributed by atoms with Gasteiger partial charge < -0.3 is 10.1 Å². The number of rotatable bonds is 2. The van der Waals surface area contributed by atoms with E-state index in [-0.39, 0.29) is 18.1 Å². The highest BCUT2D eigenvalue weighted by Gasteiger charge is 2.27. The smallest absolute Gasteiger partial charge is 0.323 e. The number of hydrogen-bond acceptors (Lipinski definition) is 3. The van der Waals surface area contributed by atoms with Gasteiger partial charge in [0.15, 0.2) is 0 Å². The quantitative estimate of drug-likeness (QED) is 0.654. The van der Waals surface area contributed by atoms with Gasteiger partial charge in [0.1, 0.15) is 12.1 Å². The van der Waals surface area contributed by atoms with Crippen LogP contribution in [0.3, 0.4) is 0 Å². The van der Waals surface area contributed by atoms with Crippen molar-refractivity contribution >= 4 is 5.97 Å². The SMILES string of the molecule is O=C(OC1CCCC1)[C@H]1CCCN1. The minimum absolute atomic E-state index is 0.0133. The molecule has 0 bridgehead atoms. The molecule has 2 rings (SSSR count). The molecule has 1 saturated carbocycles. The van der Waals surface area contributed by atoms with Gasteiger partial charge in [0.2, 0.25) is 0 Å². The van der Waals surface area contributed by atoms with E-state index >= 15 is 0 Å². The second-order valence-electron chi connectivity index (χ2n) is 3.99. The van der Waals surface area contributed by atoms with Gasteiger partial charge in [-0.2, -0.15) is 0 Å². The van der Waals surface area contributed by atoms with E-state index in [1.807, 2.05) is 0 Å². The first kappa shape index (κ1) is 9.00. The van der Waals surface area contributed by atoms with Gasteiger partial charge in [-0.1, -0.05) is 0 Å². The fraction of sp³-hybridized carbons (Fsp3) is 0.900. The zero-order valence-corrected chi connectivity index (χ0v) is 7.92. The Balaban J connectivity index is 1.76. The summed E-state index contributed by atoms with van der Waals surface area (Å²) in [4.78, 5) is 11.5. The van der Waals surface area contributed by atoms with E-state index in [2.05, 4.69) is 5.32 Å². The van der Waals surface area contributed by atoms with Crippen LogP contribution in [0.4, 0.5) is 0 Å². The molecule has 1 aliphatic carbocycles. The zero-order valence-electron chi connectivity index (χ0n) is 7.92. The Labute approximate surface area is 78.8 Å². The molecule has 3 heteroatoms. The van der Waals surface area contributed by atoms with E-state index in [9.17, 15) is 4.79 Å². The molecule has 13 heavy (non-hydrogen) atoms. The van der Waals surface area contributed by atoms with Crippen LogP contribution in [0.5, 0.6) is 0 Å². The molecule has 1 N–H and O–H groups in total. The second-order valence-corrected chi connectivity index (χ2v) is 3.99. The highest BCUT2D eigenvalue weighted by Crippen LogP contribution is 2.22. The van der Waals surface area contributed by atoms with Crippen LogP contribution in [-0.4, -0.2) is 24.7 Å². The predicted octanol–water partition coefficient (Wildman–Crippen LogP) is 1.22. The van der Waals surface area contributed by atoms with Crippen molar-refractivity contribution < 1.29 is 9.53 Å². The van der Waals surface area contributed by atoms with Crippen LogP contribution in [0.15, 0.2) is 0 Å². The maximum atomic E-state index is 11.5. The van der Waals surface area contributed by atoms with E-state index in [0.29, 0.717) is 0 Å². The highest BCUT2D eigenvalue weighted by molar-refractivity contribution is 5.76. The lowest BCUT2D eigenvalue weighted by atomic mass is 10.2. The van der Waals surface area contributed by atoms with Crippen LogP contribution in [-0.2, 0) is 9.53 Å². The van der Waals surface area contributed by atoms with Crippen molar-refractivity contribution in [1.29, 1.82) is 0 Å². The number of carbonyl (C=O) groups excluding carboxylic acids is 1. The lowest BCUT2D eigenvalue weighted by Crippen LogP contribution is -2.34. The van der Waals surface area contributed by atoms with E-state index in [4.69, 9.17) is 4.74 Å². The first-order valence-electron chi connectivity index (χ1n) is 5.30. The lowest BCUT2D eigenvalue weighted by molar-refractivity contribution is -0.150. The number of carbonyl (C=O) groups is 1. The summed E-state index contributed by atoms with van der Waals surface area (Å²) < 4.78 is 5.39. The largest absolute Gasteiger partial charge is 0.461 e. The first-order chi connectivity index (χ1) is 6.36. The van der Waals surface area contributed by atoms with E-state index in [1.54, 1.807) is 0 Å². The molecule has 74 valence electrons. The normalized spacial score (nSPS) is 29.4. The standard InChI is InChI=1S/C10H17NO2/c12-10(9-6-3-7-11-9)13-8-4-1-2-5-8/h8-9,11H,1-7H2/t9-/m1/s1. The molecule has 1 saturated heterocycles. The topological polar surface area (TPSA) is 38.3 Å². The Morgan fingerprint density at radius 3 is 2.54 bits per heavy atom. The van der Waals surface area contributed by atoms with Gasteiger partial charge in [-0.3, -0.25) is 4.79 Å². The maximum Gasteiger partial charge on any atom is 0.323 e. The number of hydrogen-bond donors (Lipinski definition) is 1. The molecule has 1 aliphatic heterocycles. The summed E-state index contributed by atoms with van der Waals surface area (Å²) in [7, 11) is 0. The van der Waals surface area contributed by atoms with Crippen molar-refractivity contribution in [2.75, 3.05) is 6.54 Å². The second kappa shape index (κ2) is 4.09. The van der Waals surface area contributed by atoms with Crippen LogP contribution >= 0.6 is 0 Å². The van der Waals surface area contributed by atoms with Crippen LogP contribution in [0, 0.1) is 0 Å². The van der Waals surface area contributed by atoms with E-state index in [1.165, 1.54) is 12.8 Å². The molecular formula is C10H17NO2. The Morgan fingerprint density at radius 1 is 1.15 bits per heavy atom. The molecule has 3 nitrogen and oxygen atoms in total. The van der Waals surface area contributed by atoms with Crippen molar-refractivity contribution in [2.24, 2.45) is 0 Å². The summed E-state index contributed by atoms with van der Waals surface area (Å²) in [5, 5.41) is 3.16. The molecular weight excluding hydrogens is 166 g/mol. The maximum absolute atomic E-state index is 11.5.